The first-order valence-electron chi connectivity index (χ1n) is 3.05. The molecule has 0 unspecified atom stereocenters. The van der Waals surface area contributed by atoms with Crippen LogP contribution in [0.15, 0.2) is 35.6 Å². The highest BCUT2D eigenvalue weighted by molar-refractivity contribution is 5.56. The molecule has 0 radical (unpaired) electrons. The monoisotopic (exact) mass is 136 g/mol. The van der Waals surface area contributed by atoms with Crippen molar-refractivity contribution in [1.29, 1.82) is 0 Å². The fourth-order valence-corrected chi connectivity index (χ4v) is 0.763. The molecule has 1 aliphatic carbocycles. The van der Waals surface area contributed by atoms with Gasteiger partial charge in [0.15, 0.2) is 0 Å². The maximum atomic E-state index is 9.93. The number of rotatable bonds is 2. The van der Waals surface area contributed by atoms with E-state index in [1.165, 1.54) is 0 Å². The number of allylic oxidation sites excluding steroid dienone is 6. The first kappa shape index (κ1) is 6.81. The molecule has 10 heavy (non-hydrogen) atoms. The number of carbonyl (C=O) groups is 1. The van der Waals surface area contributed by atoms with Gasteiger partial charge in [-0.05, 0) is 0 Å². The van der Waals surface area contributed by atoms with E-state index >= 15 is 0 Å². The number of aliphatic hydroxyl groups is 1. The van der Waals surface area contributed by atoms with E-state index in [2.05, 4.69) is 0 Å². The third kappa shape index (κ3) is 1.35. The van der Waals surface area contributed by atoms with Gasteiger partial charge in [0.1, 0.15) is 12.0 Å². The zero-order chi connectivity index (χ0) is 7.40. The zero-order valence-corrected chi connectivity index (χ0v) is 5.45. The summed E-state index contributed by atoms with van der Waals surface area (Å²) in [5.41, 5.74) is 0.729. The third-order valence-corrected chi connectivity index (χ3v) is 1.27. The van der Waals surface area contributed by atoms with Crippen molar-refractivity contribution in [2.75, 3.05) is 0 Å². The molecule has 0 bridgehead atoms. The van der Waals surface area contributed by atoms with E-state index in [1.807, 2.05) is 12.2 Å². The summed E-state index contributed by atoms with van der Waals surface area (Å²) in [6, 6.07) is 0. The van der Waals surface area contributed by atoms with Gasteiger partial charge in [0.25, 0.3) is 0 Å². The summed E-state index contributed by atoms with van der Waals surface area (Å²) in [4.78, 5) is 9.93. The topological polar surface area (TPSA) is 37.3 Å². The number of aliphatic hydroxyl groups excluding tert-OH is 1. The van der Waals surface area contributed by atoms with Crippen LogP contribution in [0.4, 0.5) is 0 Å². The minimum atomic E-state index is 0.101. The lowest BCUT2D eigenvalue weighted by molar-refractivity contribution is -0.107. The van der Waals surface area contributed by atoms with E-state index in [-0.39, 0.29) is 12.2 Å². The Morgan fingerprint density at radius 1 is 1.50 bits per heavy atom. The van der Waals surface area contributed by atoms with Crippen molar-refractivity contribution in [1.82, 2.24) is 0 Å². The van der Waals surface area contributed by atoms with Crippen molar-refractivity contribution in [2.24, 2.45) is 0 Å². The number of hydrogen-bond acceptors (Lipinski definition) is 2. The third-order valence-electron chi connectivity index (χ3n) is 1.27. The van der Waals surface area contributed by atoms with E-state index < -0.39 is 0 Å². The normalized spacial score (nSPS) is 14.2. The van der Waals surface area contributed by atoms with Gasteiger partial charge in [0, 0.05) is 5.57 Å². The molecule has 1 N–H and O–H groups in total. The second-order valence-electron chi connectivity index (χ2n) is 1.99. The van der Waals surface area contributed by atoms with Crippen LogP contribution in [-0.4, -0.2) is 11.4 Å². The highest BCUT2D eigenvalue weighted by atomic mass is 16.3. The predicted molar refractivity (Wildman–Crippen MR) is 38.6 cm³/mol. The molecule has 0 spiro atoms. The molecule has 0 atom stereocenters. The highest BCUT2D eigenvalue weighted by Crippen LogP contribution is 2.12. The van der Waals surface area contributed by atoms with Gasteiger partial charge in [-0.1, -0.05) is 24.3 Å². The molecular weight excluding hydrogens is 128 g/mol. The summed E-state index contributed by atoms with van der Waals surface area (Å²) >= 11 is 0. The molecule has 0 aromatic rings. The Kier molecular flexibility index (Phi) is 2.05. The summed E-state index contributed by atoms with van der Waals surface area (Å²) in [6.07, 6.45) is 7.94. The fourth-order valence-electron chi connectivity index (χ4n) is 0.763. The maximum Gasteiger partial charge on any atom is 0.127 e. The molecule has 52 valence electrons. The van der Waals surface area contributed by atoms with E-state index in [0.717, 1.165) is 5.57 Å². The van der Waals surface area contributed by atoms with E-state index in [0.29, 0.717) is 6.29 Å². The van der Waals surface area contributed by atoms with E-state index in [9.17, 15) is 4.79 Å². The molecule has 0 aromatic carbocycles. The maximum absolute atomic E-state index is 9.93. The Labute approximate surface area is 59.2 Å². The molecule has 0 saturated heterocycles. The molecular formula is C8H8O2. The van der Waals surface area contributed by atoms with Crippen LogP contribution in [0.2, 0.25) is 0 Å². The van der Waals surface area contributed by atoms with Gasteiger partial charge < -0.3 is 9.90 Å². The van der Waals surface area contributed by atoms with Crippen molar-refractivity contribution in [2.45, 2.75) is 6.42 Å². The smallest absolute Gasteiger partial charge is 0.127 e. The second kappa shape index (κ2) is 3.01. The van der Waals surface area contributed by atoms with Gasteiger partial charge in [-0.3, -0.25) is 0 Å². The van der Waals surface area contributed by atoms with Crippen molar-refractivity contribution in [3.63, 3.8) is 0 Å². The molecule has 1 aliphatic rings. The Morgan fingerprint density at radius 2 is 2.10 bits per heavy atom. The highest BCUT2D eigenvalue weighted by Gasteiger charge is 1.99. The minimum absolute atomic E-state index is 0.101. The molecule has 0 aromatic heterocycles. The van der Waals surface area contributed by atoms with Crippen LogP contribution >= 0.6 is 0 Å². The molecule has 2 heteroatoms. The standard InChI is InChI=1S/C8H8O2/c9-6-5-8(10)7-3-1-2-4-7/h1-4,6,10H,5H2. The molecule has 0 fully saturated rings. The summed E-state index contributed by atoms with van der Waals surface area (Å²) in [5.74, 6) is 0.139. The van der Waals surface area contributed by atoms with Gasteiger partial charge >= 0.3 is 0 Å². The lowest BCUT2D eigenvalue weighted by Crippen LogP contribution is -1.85. The van der Waals surface area contributed by atoms with Crippen LogP contribution in [0.3, 0.4) is 0 Å². The van der Waals surface area contributed by atoms with Gasteiger partial charge in [0.2, 0.25) is 0 Å². The Balaban J connectivity index is 2.74. The minimum Gasteiger partial charge on any atom is -0.511 e. The average molecular weight is 136 g/mol. The first-order valence-corrected chi connectivity index (χ1v) is 3.05. The predicted octanol–water partition coefficient (Wildman–Crippen LogP) is 1.51. The largest absolute Gasteiger partial charge is 0.511 e. The van der Waals surface area contributed by atoms with E-state index in [4.69, 9.17) is 5.11 Å². The summed E-state index contributed by atoms with van der Waals surface area (Å²) in [7, 11) is 0. The summed E-state index contributed by atoms with van der Waals surface area (Å²) in [5, 5.41) is 9.09. The molecule has 1 rings (SSSR count). The van der Waals surface area contributed by atoms with Crippen molar-refractivity contribution < 1.29 is 9.90 Å². The lowest BCUT2D eigenvalue weighted by atomic mass is 10.2. The Hall–Kier alpha value is -1.31. The molecule has 0 amide bonds. The van der Waals surface area contributed by atoms with Crippen molar-refractivity contribution in [3.05, 3.63) is 35.6 Å². The summed E-state index contributed by atoms with van der Waals surface area (Å²) in [6.45, 7) is 0. The lowest BCUT2D eigenvalue weighted by Gasteiger charge is -1.94. The van der Waals surface area contributed by atoms with Crippen molar-refractivity contribution in [3.8, 4) is 0 Å². The number of carbonyl (C=O) groups excluding carboxylic acids is 1. The van der Waals surface area contributed by atoms with Gasteiger partial charge in [-0.2, -0.15) is 0 Å². The van der Waals surface area contributed by atoms with E-state index in [1.54, 1.807) is 12.2 Å². The summed E-state index contributed by atoms with van der Waals surface area (Å²) < 4.78 is 0. The van der Waals surface area contributed by atoms with Gasteiger partial charge in [-0.15, -0.1) is 0 Å². The van der Waals surface area contributed by atoms with Crippen LogP contribution in [0.25, 0.3) is 0 Å². The van der Waals surface area contributed by atoms with Crippen molar-refractivity contribution >= 4 is 6.29 Å². The molecule has 2 nitrogen and oxygen atoms in total. The second-order valence-corrected chi connectivity index (χ2v) is 1.99. The first-order chi connectivity index (χ1) is 4.84. The van der Waals surface area contributed by atoms with Crippen LogP contribution in [0, 0.1) is 0 Å². The molecule has 0 heterocycles. The van der Waals surface area contributed by atoms with Crippen LogP contribution < -0.4 is 0 Å². The van der Waals surface area contributed by atoms with Gasteiger partial charge in [-0.25, -0.2) is 0 Å². The molecule has 0 aliphatic heterocycles. The van der Waals surface area contributed by atoms with Crippen LogP contribution in [0.5, 0.6) is 0 Å². The fraction of sp³-hybridized carbons (Fsp3) is 0.125. The Bertz CT molecular complexity index is 207. The quantitative estimate of drug-likeness (QED) is 0.461. The molecule has 0 saturated carbocycles. The number of hydrogen-bond donors (Lipinski definition) is 1. The van der Waals surface area contributed by atoms with Crippen LogP contribution in [0.1, 0.15) is 6.42 Å². The SMILES string of the molecule is O=CCC(O)=C1C=CC=C1. The van der Waals surface area contributed by atoms with Crippen LogP contribution in [-0.2, 0) is 4.79 Å². The zero-order valence-electron chi connectivity index (χ0n) is 5.45. The van der Waals surface area contributed by atoms with Gasteiger partial charge in [0.05, 0.1) is 6.42 Å². The Morgan fingerprint density at radius 3 is 2.60 bits per heavy atom. The average Bonchev–Trinajstić information content (AvgIpc) is 2.38. The number of aldehydes is 1.